The zero-order chi connectivity index (χ0) is 14.8. The molecule has 1 amide bonds. The fraction of sp³-hybridized carbons (Fsp3) is 0.200. The lowest BCUT2D eigenvalue weighted by molar-refractivity contribution is -0.167. The van der Waals surface area contributed by atoms with Crippen molar-refractivity contribution in [2.75, 3.05) is 12.4 Å². The molecular weight excluding hydrogens is 335 g/mol. The van der Waals surface area contributed by atoms with Crippen molar-refractivity contribution < 1.29 is 32.6 Å². The van der Waals surface area contributed by atoms with Gasteiger partial charge in [-0.1, -0.05) is 0 Å². The number of aromatic carboxylic acids is 1. The number of ether oxygens (including phenoxy) is 1. The van der Waals surface area contributed by atoms with E-state index in [1.54, 1.807) is 0 Å². The standard InChI is InChI=1S/C10H7BrF3NO4/c1-19-4-2-5(11)7(8(16)17)6(3-4)15-9(18)10(12,13)14/h2-3H,1H3,(H,15,18)(H,16,17). The van der Waals surface area contributed by atoms with Gasteiger partial charge in [-0.15, -0.1) is 0 Å². The number of carboxylic acid groups (broad SMARTS) is 1. The van der Waals surface area contributed by atoms with Gasteiger partial charge in [0.05, 0.1) is 18.4 Å². The van der Waals surface area contributed by atoms with Crippen molar-refractivity contribution in [3.63, 3.8) is 0 Å². The van der Waals surface area contributed by atoms with Crippen LogP contribution in [0.25, 0.3) is 0 Å². The number of amides is 1. The third-order valence-corrected chi connectivity index (χ3v) is 2.64. The lowest BCUT2D eigenvalue weighted by Gasteiger charge is -2.13. The maximum Gasteiger partial charge on any atom is 0.471 e. The van der Waals surface area contributed by atoms with Crippen molar-refractivity contribution in [3.8, 4) is 5.75 Å². The number of nitrogens with one attached hydrogen (secondary N) is 1. The Morgan fingerprint density at radius 1 is 1.37 bits per heavy atom. The van der Waals surface area contributed by atoms with Gasteiger partial charge in [0.15, 0.2) is 0 Å². The molecule has 0 fully saturated rings. The van der Waals surface area contributed by atoms with E-state index < -0.39 is 29.3 Å². The van der Waals surface area contributed by atoms with Crippen LogP contribution in [0, 0.1) is 0 Å². The summed E-state index contributed by atoms with van der Waals surface area (Å²) in [7, 11) is 1.25. The van der Waals surface area contributed by atoms with Crippen LogP contribution >= 0.6 is 15.9 Å². The Labute approximate surface area is 113 Å². The van der Waals surface area contributed by atoms with Crippen LogP contribution < -0.4 is 10.1 Å². The first-order chi connectivity index (χ1) is 8.66. The van der Waals surface area contributed by atoms with Crippen LogP contribution in [-0.4, -0.2) is 30.3 Å². The van der Waals surface area contributed by atoms with E-state index in [9.17, 15) is 22.8 Å². The molecule has 0 aliphatic heterocycles. The lowest BCUT2D eigenvalue weighted by atomic mass is 10.1. The number of carboxylic acids is 1. The number of hydrogen-bond donors (Lipinski definition) is 2. The van der Waals surface area contributed by atoms with Crippen molar-refractivity contribution >= 4 is 33.5 Å². The van der Waals surface area contributed by atoms with E-state index in [0.717, 1.165) is 6.07 Å². The van der Waals surface area contributed by atoms with Crippen LogP contribution in [0.2, 0.25) is 0 Å². The first-order valence-electron chi connectivity index (χ1n) is 4.65. The summed E-state index contributed by atoms with van der Waals surface area (Å²) in [5, 5.41) is 10.4. The summed E-state index contributed by atoms with van der Waals surface area (Å²) >= 11 is 2.89. The molecule has 0 unspecified atom stereocenters. The maximum absolute atomic E-state index is 12.1. The fourth-order valence-corrected chi connectivity index (χ4v) is 1.82. The summed E-state index contributed by atoms with van der Waals surface area (Å²) in [6.07, 6.45) is -5.12. The molecule has 0 aromatic heterocycles. The molecule has 1 rings (SSSR count). The van der Waals surface area contributed by atoms with E-state index in [2.05, 4.69) is 15.9 Å². The average Bonchev–Trinajstić information content (AvgIpc) is 2.26. The smallest absolute Gasteiger partial charge is 0.471 e. The van der Waals surface area contributed by atoms with E-state index in [1.807, 2.05) is 0 Å². The number of benzene rings is 1. The van der Waals surface area contributed by atoms with E-state index in [4.69, 9.17) is 9.84 Å². The highest BCUT2D eigenvalue weighted by atomic mass is 79.9. The Morgan fingerprint density at radius 3 is 2.37 bits per heavy atom. The van der Waals surface area contributed by atoms with Crippen molar-refractivity contribution in [3.05, 3.63) is 22.2 Å². The van der Waals surface area contributed by atoms with Crippen LogP contribution in [0.4, 0.5) is 18.9 Å². The highest BCUT2D eigenvalue weighted by Crippen LogP contribution is 2.31. The lowest BCUT2D eigenvalue weighted by Crippen LogP contribution is -2.30. The van der Waals surface area contributed by atoms with Gasteiger partial charge in [-0.2, -0.15) is 13.2 Å². The fourth-order valence-electron chi connectivity index (χ4n) is 1.21. The Morgan fingerprint density at radius 2 is 1.95 bits per heavy atom. The van der Waals surface area contributed by atoms with Crippen molar-refractivity contribution in [2.24, 2.45) is 0 Å². The third kappa shape index (κ3) is 3.60. The second kappa shape index (κ2) is 5.47. The summed E-state index contributed by atoms with van der Waals surface area (Å²) in [5.41, 5.74) is -1.01. The summed E-state index contributed by atoms with van der Waals surface area (Å²) in [4.78, 5) is 21.8. The summed E-state index contributed by atoms with van der Waals surface area (Å²) in [6.45, 7) is 0. The Hall–Kier alpha value is -1.77. The number of rotatable bonds is 3. The van der Waals surface area contributed by atoms with Crippen LogP contribution in [0.1, 0.15) is 10.4 Å². The second-order valence-electron chi connectivity index (χ2n) is 3.29. The van der Waals surface area contributed by atoms with Gasteiger partial charge in [0, 0.05) is 10.5 Å². The van der Waals surface area contributed by atoms with Gasteiger partial charge in [0.1, 0.15) is 5.75 Å². The summed E-state index contributed by atoms with van der Waals surface area (Å²) in [5.74, 6) is -3.67. The highest BCUT2D eigenvalue weighted by molar-refractivity contribution is 9.10. The predicted octanol–water partition coefficient (Wildman–Crippen LogP) is 2.66. The third-order valence-electron chi connectivity index (χ3n) is 2.02. The molecule has 0 heterocycles. The highest BCUT2D eigenvalue weighted by Gasteiger charge is 2.39. The number of hydrogen-bond acceptors (Lipinski definition) is 3. The van der Waals surface area contributed by atoms with Gasteiger partial charge in [-0.25, -0.2) is 4.79 Å². The molecule has 1 aromatic rings. The first kappa shape index (κ1) is 15.3. The number of halogens is 4. The van der Waals surface area contributed by atoms with Crippen molar-refractivity contribution in [1.82, 2.24) is 0 Å². The molecule has 1 aromatic carbocycles. The van der Waals surface area contributed by atoms with Gasteiger partial charge in [-0.3, -0.25) is 4.79 Å². The molecule has 0 saturated heterocycles. The number of anilines is 1. The largest absolute Gasteiger partial charge is 0.497 e. The van der Waals surface area contributed by atoms with Crippen LogP contribution in [-0.2, 0) is 4.79 Å². The Kier molecular flexibility index (Phi) is 4.40. The van der Waals surface area contributed by atoms with E-state index in [1.165, 1.54) is 18.5 Å². The van der Waals surface area contributed by atoms with Gasteiger partial charge in [-0.05, 0) is 22.0 Å². The Bertz CT molecular complexity index is 530. The minimum absolute atomic E-state index is 0.0168. The maximum atomic E-state index is 12.1. The van der Waals surface area contributed by atoms with E-state index >= 15 is 0 Å². The van der Waals surface area contributed by atoms with E-state index in [-0.39, 0.29) is 10.2 Å². The minimum Gasteiger partial charge on any atom is -0.497 e. The minimum atomic E-state index is -5.12. The number of carbonyl (C=O) groups excluding carboxylic acids is 1. The van der Waals surface area contributed by atoms with Gasteiger partial charge in [0.25, 0.3) is 0 Å². The molecule has 0 spiro atoms. The predicted molar refractivity (Wildman–Crippen MR) is 62.3 cm³/mol. The Balaban J connectivity index is 3.28. The molecular formula is C10H7BrF3NO4. The molecule has 19 heavy (non-hydrogen) atoms. The zero-order valence-corrected chi connectivity index (χ0v) is 10.9. The first-order valence-corrected chi connectivity index (χ1v) is 5.45. The normalized spacial score (nSPS) is 11.0. The van der Waals surface area contributed by atoms with Crippen LogP contribution in [0.3, 0.4) is 0 Å². The molecule has 0 atom stereocenters. The molecule has 0 aliphatic carbocycles. The van der Waals surface area contributed by atoms with E-state index in [0.29, 0.717) is 0 Å². The number of carbonyl (C=O) groups is 2. The SMILES string of the molecule is COc1cc(Br)c(C(=O)O)c(NC(=O)C(F)(F)F)c1. The topological polar surface area (TPSA) is 75.6 Å². The molecule has 0 aliphatic rings. The van der Waals surface area contributed by atoms with Gasteiger partial charge < -0.3 is 15.2 Å². The molecule has 9 heteroatoms. The van der Waals surface area contributed by atoms with Gasteiger partial charge in [0.2, 0.25) is 0 Å². The molecule has 104 valence electrons. The van der Waals surface area contributed by atoms with Crippen LogP contribution in [0.15, 0.2) is 16.6 Å². The quantitative estimate of drug-likeness (QED) is 0.886. The number of alkyl halides is 3. The second-order valence-corrected chi connectivity index (χ2v) is 4.14. The molecule has 0 saturated carbocycles. The monoisotopic (exact) mass is 341 g/mol. The zero-order valence-electron chi connectivity index (χ0n) is 9.34. The van der Waals surface area contributed by atoms with Crippen LogP contribution in [0.5, 0.6) is 5.75 Å². The van der Waals surface area contributed by atoms with Crippen molar-refractivity contribution in [2.45, 2.75) is 6.18 Å². The average molecular weight is 342 g/mol. The summed E-state index contributed by atoms with van der Waals surface area (Å²) < 4.78 is 41.2. The molecule has 0 radical (unpaired) electrons. The molecule has 0 bridgehead atoms. The number of methoxy groups -OCH3 is 1. The molecule has 2 N–H and O–H groups in total. The van der Waals surface area contributed by atoms with Gasteiger partial charge >= 0.3 is 18.1 Å². The summed E-state index contributed by atoms with van der Waals surface area (Å²) in [6, 6.07) is 2.24. The molecule has 5 nitrogen and oxygen atoms in total. The van der Waals surface area contributed by atoms with Crippen molar-refractivity contribution in [1.29, 1.82) is 0 Å².